The van der Waals surface area contributed by atoms with Crippen LogP contribution in [0, 0.1) is 12.8 Å². The molecule has 0 unspecified atom stereocenters. The quantitative estimate of drug-likeness (QED) is 0.588. The van der Waals surface area contributed by atoms with E-state index >= 15 is 0 Å². The number of aromatic nitrogens is 3. The monoisotopic (exact) mass is 427 g/mol. The predicted octanol–water partition coefficient (Wildman–Crippen LogP) is 3.54. The first-order chi connectivity index (χ1) is 14.4. The molecule has 1 aliphatic rings. The highest BCUT2D eigenvalue weighted by Gasteiger charge is 2.40. The molecule has 6 nitrogen and oxygen atoms in total. The molecule has 4 atom stereocenters. The number of carbonyl (C=O) groups excluding carboxylic acids is 1. The number of aliphatic hydroxyl groups excluding tert-OH is 1. The van der Waals surface area contributed by atoms with E-state index in [1.165, 1.54) is 12.4 Å². The van der Waals surface area contributed by atoms with Gasteiger partial charge in [0.25, 0.3) is 0 Å². The van der Waals surface area contributed by atoms with Gasteiger partial charge in [0.15, 0.2) is 0 Å². The molecular formula is C22H21ClFN4O2. The standard InChI is InChI=1S/C22H21ClFN4O2/c1-13-9-19(20(24)21(13)29)26-17-5-7-25-11-16(17)22(30)18-6-8-28(27-18)12-14-3-2-4-15(23)10-14/h2-8,10-11,13,19-21,29H,1,9,12H2,(H,25,26)/t13-,19-,20-,21-/m1/s1. The Balaban J connectivity index is 1.52. The number of halogens is 2. The number of nitrogens with one attached hydrogen (secondary N) is 1. The molecule has 0 bridgehead atoms. The third-order valence-electron chi connectivity index (χ3n) is 5.26. The van der Waals surface area contributed by atoms with E-state index in [1.54, 1.807) is 29.1 Å². The van der Waals surface area contributed by atoms with Crippen molar-refractivity contribution in [1.29, 1.82) is 0 Å². The first-order valence-corrected chi connectivity index (χ1v) is 9.98. The largest absolute Gasteiger partial charge is 0.390 e. The van der Waals surface area contributed by atoms with Crippen LogP contribution >= 0.6 is 11.6 Å². The Labute approximate surface area is 178 Å². The summed E-state index contributed by atoms with van der Waals surface area (Å²) in [7, 11) is 0. The normalized spacial score (nSPS) is 23.5. The second-order valence-corrected chi connectivity index (χ2v) is 7.90. The Morgan fingerprint density at radius 3 is 2.93 bits per heavy atom. The Hall–Kier alpha value is -2.77. The molecule has 0 amide bonds. The van der Waals surface area contributed by atoms with Crippen LogP contribution in [0.3, 0.4) is 0 Å². The summed E-state index contributed by atoms with van der Waals surface area (Å²) in [6.07, 6.45) is 2.46. The number of hydrogen-bond donors (Lipinski definition) is 2. The molecule has 0 aliphatic heterocycles. The molecule has 2 heterocycles. The molecule has 0 saturated heterocycles. The molecule has 1 aliphatic carbocycles. The molecule has 1 saturated carbocycles. The van der Waals surface area contributed by atoms with Crippen LogP contribution in [0.15, 0.2) is 55.0 Å². The smallest absolute Gasteiger partial charge is 0.216 e. The first kappa shape index (κ1) is 20.5. The van der Waals surface area contributed by atoms with Gasteiger partial charge in [-0.2, -0.15) is 5.10 Å². The van der Waals surface area contributed by atoms with Crippen LogP contribution in [0.2, 0.25) is 5.02 Å². The average molecular weight is 428 g/mol. The molecule has 2 aromatic heterocycles. The predicted molar refractivity (Wildman–Crippen MR) is 112 cm³/mol. The van der Waals surface area contributed by atoms with Crippen LogP contribution in [0.25, 0.3) is 0 Å². The van der Waals surface area contributed by atoms with Crippen molar-refractivity contribution in [1.82, 2.24) is 14.8 Å². The van der Waals surface area contributed by atoms with Crippen molar-refractivity contribution in [3.63, 3.8) is 0 Å². The lowest BCUT2D eigenvalue weighted by molar-refractivity contribution is 0.0793. The summed E-state index contributed by atoms with van der Waals surface area (Å²) >= 11 is 6.02. The minimum Gasteiger partial charge on any atom is -0.390 e. The van der Waals surface area contributed by atoms with Gasteiger partial charge in [0, 0.05) is 29.3 Å². The Kier molecular flexibility index (Phi) is 5.83. The van der Waals surface area contributed by atoms with Gasteiger partial charge < -0.3 is 10.4 Å². The van der Waals surface area contributed by atoms with E-state index in [9.17, 15) is 14.3 Å². The van der Waals surface area contributed by atoms with Gasteiger partial charge in [0.1, 0.15) is 11.9 Å². The molecular weight excluding hydrogens is 407 g/mol. The molecule has 8 heteroatoms. The van der Waals surface area contributed by atoms with Crippen molar-refractivity contribution in [3.05, 3.63) is 83.8 Å². The zero-order valence-corrected chi connectivity index (χ0v) is 16.8. The van der Waals surface area contributed by atoms with Crippen LogP contribution < -0.4 is 5.32 Å². The van der Waals surface area contributed by atoms with Crippen molar-refractivity contribution in [2.45, 2.75) is 31.3 Å². The SMILES string of the molecule is [CH2][C@@H]1C[C@@H](Nc2ccncc2C(=O)c2ccn(Cc3cccc(Cl)c3)n2)[C@@H](F)[C@@H]1O. The molecule has 4 rings (SSSR count). The van der Waals surface area contributed by atoms with Gasteiger partial charge in [-0.15, -0.1) is 0 Å². The minimum atomic E-state index is -1.46. The Morgan fingerprint density at radius 1 is 1.37 bits per heavy atom. The lowest BCUT2D eigenvalue weighted by atomic mass is 10.1. The number of hydrogen-bond acceptors (Lipinski definition) is 5. The highest BCUT2D eigenvalue weighted by molar-refractivity contribution is 6.30. The maximum atomic E-state index is 14.3. The van der Waals surface area contributed by atoms with Gasteiger partial charge in [-0.1, -0.05) is 23.7 Å². The molecule has 1 fully saturated rings. The van der Waals surface area contributed by atoms with Crippen molar-refractivity contribution in [3.8, 4) is 0 Å². The van der Waals surface area contributed by atoms with Crippen LogP contribution in [0.4, 0.5) is 10.1 Å². The van der Waals surface area contributed by atoms with Gasteiger partial charge in [0.2, 0.25) is 5.78 Å². The average Bonchev–Trinajstić information content (AvgIpc) is 3.29. The number of ketones is 1. The molecule has 2 N–H and O–H groups in total. The molecule has 1 radical (unpaired) electrons. The van der Waals surface area contributed by atoms with Crippen molar-refractivity contribution in [2.75, 3.05) is 5.32 Å². The van der Waals surface area contributed by atoms with Gasteiger partial charge in [-0.25, -0.2) is 4.39 Å². The fourth-order valence-corrected chi connectivity index (χ4v) is 3.88. The second kappa shape index (κ2) is 8.53. The molecule has 1 aromatic carbocycles. The maximum Gasteiger partial charge on any atom is 0.216 e. The number of anilines is 1. The summed E-state index contributed by atoms with van der Waals surface area (Å²) in [5.41, 5.74) is 1.96. The van der Waals surface area contributed by atoms with Gasteiger partial charge >= 0.3 is 0 Å². The number of aliphatic hydroxyl groups is 1. The minimum absolute atomic E-state index is 0.256. The van der Waals surface area contributed by atoms with Crippen LogP contribution in [-0.4, -0.2) is 44.0 Å². The highest BCUT2D eigenvalue weighted by atomic mass is 35.5. The van der Waals surface area contributed by atoms with E-state index in [4.69, 9.17) is 11.6 Å². The Bertz CT molecular complexity index is 1060. The van der Waals surface area contributed by atoms with Gasteiger partial charge in [-0.05, 0) is 49.1 Å². The topological polar surface area (TPSA) is 80.0 Å². The number of pyridine rings is 1. The zero-order chi connectivity index (χ0) is 21.3. The van der Waals surface area contributed by atoms with Crippen LogP contribution in [0.5, 0.6) is 0 Å². The summed E-state index contributed by atoms with van der Waals surface area (Å²) in [6, 6.07) is 10.0. The fraction of sp³-hybridized carbons (Fsp3) is 0.273. The second-order valence-electron chi connectivity index (χ2n) is 7.46. The number of nitrogens with zero attached hydrogens (tertiary/aromatic N) is 3. The zero-order valence-electron chi connectivity index (χ0n) is 16.1. The highest BCUT2D eigenvalue weighted by Crippen LogP contribution is 2.31. The lowest BCUT2D eigenvalue weighted by Crippen LogP contribution is -2.31. The number of alkyl halides is 1. The summed E-state index contributed by atoms with van der Waals surface area (Å²) < 4.78 is 16.0. The summed E-state index contributed by atoms with van der Waals surface area (Å²) in [6.45, 7) is 4.25. The summed E-state index contributed by atoms with van der Waals surface area (Å²) in [5.74, 6) is -0.726. The Morgan fingerprint density at radius 2 is 2.20 bits per heavy atom. The summed E-state index contributed by atoms with van der Waals surface area (Å²) in [5, 5.41) is 17.9. The van der Waals surface area contributed by atoms with Crippen LogP contribution in [-0.2, 0) is 6.54 Å². The van der Waals surface area contributed by atoms with E-state index < -0.39 is 24.2 Å². The number of benzene rings is 1. The van der Waals surface area contributed by atoms with Crippen LogP contribution in [0.1, 0.15) is 28.0 Å². The molecule has 155 valence electrons. The third kappa shape index (κ3) is 4.22. The summed E-state index contributed by atoms with van der Waals surface area (Å²) in [4.78, 5) is 17.1. The van der Waals surface area contributed by atoms with Crippen molar-refractivity contribution >= 4 is 23.1 Å². The molecule has 0 spiro atoms. The van der Waals surface area contributed by atoms with Gasteiger partial charge in [-0.3, -0.25) is 14.5 Å². The molecule has 30 heavy (non-hydrogen) atoms. The van der Waals surface area contributed by atoms with E-state index in [1.807, 2.05) is 18.2 Å². The fourth-order valence-electron chi connectivity index (χ4n) is 3.66. The number of carbonyl (C=O) groups is 1. The van der Waals surface area contributed by atoms with E-state index in [0.717, 1.165) is 5.56 Å². The third-order valence-corrected chi connectivity index (χ3v) is 5.50. The lowest BCUT2D eigenvalue weighted by Gasteiger charge is -2.19. The number of rotatable bonds is 6. The maximum absolute atomic E-state index is 14.3. The van der Waals surface area contributed by atoms with Crippen molar-refractivity contribution in [2.24, 2.45) is 5.92 Å². The van der Waals surface area contributed by atoms with Crippen molar-refractivity contribution < 1.29 is 14.3 Å². The van der Waals surface area contributed by atoms with E-state index in [2.05, 4.69) is 22.3 Å². The van der Waals surface area contributed by atoms with Gasteiger partial charge in [0.05, 0.1) is 24.3 Å². The van der Waals surface area contributed by atoms with E-state index in [-0.39, 0.29) is 11.5 Å². The first-order valence-electron chi connectivity index (χ1n) is 9.60. The molecule has 3 aromatic rings. The van der Waals surface area contributed by atoms with E-state index in [0.29, 0.717) is 29.2 Å².